The molecule has 5 nitrogen and oxygen atoms in total. The fraction of sp³-hybridized carbons (Fsp3) is 0.846. The molecular formula is C13H26N2O3S. The number of thioether (sulfide) groups is 1. The van der Waals surface area contributed by atoms with Crippen LogP contribution in [0.2, 0.25) is 0 Å². The molecule has 0 saturated carbocycles. The Labute approximate surface area is 119 Å². The standard InChI is InChI=1S/C13H26N2O3S/c1-10(16)8-19-9-13(18)15-7-5-4-6-12(14-3)11(2)17/h10,12,14,16H,4-9H2,1-3H3,(H,15,18). The van der Waals surface area contributed by atoms with Crippen molar-refractivity contribution >= 4 is 23.5 Å². The van der Waals surface area contributed by atoms with Crippen molar-refractivity contribution in [3.05, 3.63) is 0 Å². The van der Waals surface area contributed by atoms with Gasteiger partial charge in [-0.25, -0.2) is 0 Å². The van der Waals surface area contributed by atoms with Gasteiger partial charge in [-0.3, -0.25) is 9.59 Å². The monoisotopic (exact) mass is 290 g/mol. The van der Waals surface area contributed by atoms with Gasteiger partial charge in [-0.2, -0.15) is 0 Å². The molecule has 1 amide bonds. The van der Waals surface area contributed by atoms with Gasteiger partial charge in [0, 0.05) is 12.3 Å². The zero-order chi connectivity index (χ0) is 14.7. The molecule has 0 aromatic carbocycles. The Morgan fingerprint density at radius 3 is 2.53 bits per heavy atom. The SMILES string of the molecule is CNC(CCCCNC(=O)CSCC(C)O)C(C)=O. The highest BCUT2D eigenvalue weighted by molar-refractivity contribution is 7.99. The number of carbonyl (C=O) groups is 2. The van der Waals surface area contributed by atoms with Gasteiger partial charge in [0.2, 0.25) is 5.91 Å². The number of rotatable bonds is 11. The van der Waals surface area contributed by atoms with Crippen LogP contribution in [-0.4, -0.2) is 54.0 Å². The van der Waals surface area contributed by atoms with Gasteiger partial charge in [0.25, 0.3) is 0 Å². The molecule has 0 fully saturated rings. The van der Waals surface area contributed by atoms with E-state index < -0.39 is 0 Å². The van der Waals surface area contributed by atoms with Crippen molar-refractivity contribution in [1.82, 2.24) is 10.6 Å². The molecule has 6 heteroatoms. The third-order valence-electron chi connectivity index (χ3n) is 2.67. The van der Waals surface area contributed by atoms with Crippen molar-refractivity contribution in [2.75, 3.05) is 25.1 Å². The summed E-state index contributed by atoms with van der Waals surface area (Å²) in [6.07, 6.45) is 2.21. The van der Waals surface area contributed by atoms with Crippen molar-refractivity contribution < 1.29 is 14.7 Å². The summed E-state index contributed by atoms with van der Waals surface area (Å²) in [5, 5.41) is 14.9. The normalized spacial score (nSPS) is 13.9. The lowest BCUT2D eigenvalue weighted by atomic mass is 10.1. The van der Waals surface area contributed by atoms with Crippen LogP contribution in [0.25, 0.3) is 0 Å². The lowest BCUT2D eigenvalue weighted by Crippen LogP contribution is -2.32. The number of Topliss-reactive ketones (excluding diaryl/α,β-unsaturated/α-hetero) is 1. The van der Waals surface area contributed by atoms with Crippen LogP contribution in [0.15, 0.2) is 0 Å². The van der Waals surface area contributed by atoms with Gasteiger partial charge in [0.05, 0.1) is 17.9 Å². The molecule has 3 N–H and O–H groups in total. The van der Waals surface area contributed by atoms with E-state index >= 15 is 0 Å². The Balaban J connectivity index is 3.48. The van der Waals surface area contributed by atoms with Crippen molar-refractivity contribution in [3.8, 4) is 0 Å². The van der Waals surface area contributed by atoms with Crippen LogP contribution in [0.3, 0.4) is 0 Å². The first-order valence-corrected chi connectivity index (χ1v) is 7.83. The number of carbonyl (C=O) groups excluding carboxylic acids is 2. The van der Waals surface area contributed by atoms with Gasteiger partial charge in [-0.1, -0.05) is 0 Å². The molecule has 0 heterocycles. The maximum atomic E-state index is 11.4. The van der Waals surface area contributed by atoms with Gasteiger partial charge in [-0.15, -0.1) is 11.8 Å². The molecule has 0 aliphatic carbocycles. The fourth-order valence-electron chi connectivity index (χ4n) is 1.63. The van der Waals surface area contributed by atoms with Gasteiger partial charge >= 0.3 is 0 Å². The highest BCUT2D eigenvalue weighted by Crippen LogP contribution is 2.03. The molecule has 0 aromatic rings. The van der Waals surface area contributed by atoms with E-state index in [0.717, 1.165) is 19.3 Å². The van der Waals surface area contributed by atoms with E-state index in [1.165, 1.54) is 11.8 Å². The smallest absolute Gasteiger partial charge is 0.229 e. The van der Waals surface area contributed by atoms with E-state index in [1.807, 2.05) is 0 Å². The second kappa shape index (κ2) is 11.3. The molecule has 0 bridgehead atoms. The second-order valence-corrected chi connectivity index (χ2v) is 5.69. The van der Waals surface area contributed by atoms with Crippen molar-refractivity contribution in [2.45, 2.75) is 45.3 Å². The molecule has 0 aliphatic heterocycles. The lowest BCUT2D eigenvalue weighted by molar-refractivity contribution is -0.119. The summed E-state index contributed by atoms with van der Waals surface area (Å²) < 4.78 is 0. The largest absolute Gasteiger partial charge is 0.393 e. The van der Waals surface area contributed by atoms with E-state index in [2.05, 4.69) is 10.6 Å². The first-order chi connectivity index (χ1) is 8.97. The van der Waals surface area contributed by atoms with Crippen LogP contribution in [0.1, 0.15) is 33.1 Å². The molecular weight excluding hydrogens is 264 g/mol. The van der Waals surface area contributed by atoms with Crippen LogP contribution in [-0.2, 0) is 9.59 Å². The highest BCUT2D eigenvalue weighted by atomic mass is 32.2. The van der Waals surface area contributed by atoms with Gasteiger partial charge in [0.1, 0.15) is 5.78 Å². The maximum Gasteiger partial charge on any atom is 0.229 e. The zero-order valence-electron chi connectivity index (χ0n) is 12.1. The number of aliphatic hydroxyl groups excluding tert-OH is 1. The summed E-state index contributed by atoms with van der Waals surface area (Å²) in [5.41, 5.74) is 0. The Morgan fingerprint density at radius 1 is 1.32 bits per heavy atom. The molecule has 0 spiro atoms. The van der Waals surface area contributed by atoms with Crippen LogP contribution in [0.5, 0.6) is 0 Å². The van der Waals surface area contributed by atoms with Crippen molar-refractivity contribution in [2.24, 2.45) is 0 Å². The number of amides is 1. The molecule has 2 atom stereocenters. The fourth-order valence-corrected chi connectivity index (χ4v) is 2.37. The zero-order valence-corrected chi connectivity index (χ0v) is 12.9. The number of ketones is 1. The lowest BCUT2D eigenvalue weighted by Gasteiger charge is -2.12. The quantitative estimate of drug-likeness (QED) is 0.485. The van der Waals surface area contributed by atoms with Crippen molar-refractivity contribution in [3.63, 3.8) is 0 Å². The van der Waals surface area contributed by atoms with E-state index in [9.17, 15) is 9.59 Å². The van der Waals surface area contributed by atoms with E-state index in [4.69, 9.17) is 5.11 Å². The van der Waals surface area contributed by atoms with E-state index in [-0.39, 0.29) is 23.8 Å². The molecule has 0 radical (unpaired) electrons. The molecule has 19 heavy (non-hydrogen) atoms. The Hall–Kier alpha value is -0.590. The Bertz CT molecular complexity index is 273. The molecule has 0 aliphatic rings. The number of aliphatic hydroxyl groups is 1. The number of unbranched alkanes of at least 4 members (excludes halogenated alkanes) is 1. The molecule has 2 unspecified atom stereocenters. The minimum Gasteiger partial charge on any atom is -0.393 e. The number of nitrogens with one attached hydrogen (secondary N) is 2. The first kappa shape index (κ1) is 18.4. The van der Waals surface area contributed by atoms with E-state index in [0.29, 0.717) is 18.1 Å². The summed E-state index contributed by atoms with van der Waals surface area (Å²) in [4.78, 5) is 22.6. The molecule has 0 aromatic heterocycles. The maximum absolute atomic E-state index is 11.4. The van der Waals surface area contributed by atoms with Crippen LogP contribution >= 0.6 is 11.8 Å². The summed E-state index contributed by atoms with van der Waals surface area (Å²) in [5.74, 6) is 1.12. The number of hydrogen-bond acceptors (Lipinski definition) is 5. The third-order valence-corrected chi connectivity index (χ3v) is 3.86. The molecule has 0 rings (SSSR count). The van der Waals surface area contributed by atoms with Crippen LogP contribution in [0.4, 0.5) is 0 Å². The topological polar surface area (TPSA) is 78.4 Å². The predicted octanol–water partition coefficient (Wildman–Crippen LogP) is 0.564. The predicted molar refractivity (Wildman–Crippen MR) is 79.4 cm³/mol. The summed E-state index contributed by atoms with van der Waals surface area (Å²) >= 11 is 1.43. The molecule has 0 saturated heterocycles. The summed E-state index contributed by atoms with van der Waals surface area (Å²) in [6, 6.07) is -0.0719. The van der Waals surface area contributed by atoms with E-state index in [1.54, 1.807) is 20.9 Å². The molecule has 112 valence electrons. The Morgan fingerprint density at radius 2 is 2.00 bits per heavy atom. The number of hydrogen-bond donors (Lipinski definition) is 3. The third kappa shape index (κ3) is 11.0. The second-order valence-electron chi connectivity index (χ2n) is 4.66. The van der Waals surface area contributed by atoms with Crippen molar-refractivity contribution in [1.29, 1.82) is 0 Å². The number of likely N-dealkylation sites (N-methyl/N-ethyl adjacent to an activating group) is 1. The minimum absolute atomic E-state index is 0.00221. The average molecular weight is 290 g/mol. The highest BCUT2D eigenvalue weighted by Gasteiger charge is 2.10. The summed E-state index contributed by atoms with van der Waals surface area (Å²) in [7, 11) is 1.78. The Kier molecular flexibility index (Phi) is 10.9. The van der Waals surface area contributed by atoms with Gasteiger partial charge in [-0.05, 0) is 40.2 Å². The average Bonchev–Trinajstić information content (AvgIpc) is 2.32. The van der Waals surface area contributed by atoms with Crippen LogP contribution in [0, 0.1) is 0 Å². The van der Waals surface area contributed by atoms with Gasteiger partial charge in [0.15, 0.2) is 0 Å². The van der Waals surface area contributed by atoms with Gasteiger partial charge < -0.3 is 15.7 Å². The minimum atomic E-state index is -0.372. The van der Waals surface area contributed by atoms with Crippen LogP contribution < -0.4 is 10.6 Å². The summed E-state index contributed by atoms with van der Waals surface area (Å²) in [6.45, 7) is 3.93. The first-order valence-electron chi connectivity index (χ1n) is 6.67.